The highest BCUT2D eigenvalue weighted by Gasteiger charge is 2.16. The van der Waals surface area contributed by atoms with Gasteiger partial charge in [0.05, 0.1) is 5.60 Å². The maximum atomic E-state index is 11.4. The summed E-state index contributed by atoms with van der Waals surface area (Å²) in [4.78, 5) is 11.4. The highest BCUT2D eigenvalue weighted by Crippen LogP contribution is 2.13. The van der Waals surface area contributed by atoms with Crippen LogP contribution in [0.1, 0.15) is 41.5 Å². The molecule has 0 aliphatic heterocycles. The Labute approximate surface area is 110 Å². The number of rotatable bonds is 4. The van der Waals surface area contributed by atoms with Crippen LogP contribution in [0.4, 0.5) is 4.79 Å². The Morgan fingerprint density at radius 3 is 2.22 bits per heavy atom. The van der Waals surface area contributed by atoms with Crippen LogP contribution in [0.2, 0.25) is 0 Å². The third-order valence-electron chi connectivity index (χ3n) is 1.97. The van der Waals surface area contributed by atoms with E-state index < -0.39 is 17.3 Å². The van der Waals surface area contributed by atoms with Crippen molar-refractivity contribution in [2.24, 2.45) is 0 Å². The van der Waals surface area contributed by atoms with Crippen molar-refractivity contribution in [2.45, 2.75) is 52.7 Å². The number of alkyl carbamates (subject to hydrolysis) is 1. The molecule has 0 rings (SSSR count). The van der Waals surface area contributed by atoms with Gasteiger partial charge in [-0.15, -0.1) is 0 Å². The third-order valence-corrected chi connectivity index (χ3v) is 1.97. The molecule has 0 saturated heterocycles. The summed E-state index contributed by atoms with van der Waals surface area (Å²) in [7, 11) is 0. The van der Waals surface area contributed by atoms with E-state index in [0.717, 1.165) is 11.1 Å². The molecule has 0 aliphatic carbocycles. The Bertz CT molecular complexity index is 343. The molecule has 0 aliphatic rings. The number of hydrogen-bond acceptors (Lipinski definition) is 3. The van der Waals surface area contributed by atoms with Gasteiger partial charge in [-0.2, -0.15) is 0 Å². The molecule has 0 radical (unpaired) electrons. The zero-order chi connectivity index (χ0) is 14.6. The average Bonchev–Trinajstić information content (AvgIpc) is 2.08. The van der Waals surface area contributed by atoms with Gasteiger partial charge in [0, 0.05) is 6.54 Å². The smallest absolute Gasteiger partial charge is 0.407 e. The molecule has 2 N–H and O–H groups in total. The summed E-state index contributed by atoms with van der Waals surface area (Å²) in [5.41, 5.74) is 0.184. The molecule has 0 atom stereocenters. The van der Waals surface area contributed by atoms with Crippen molar-refractivity contribution in [2.75, 3.05) is 6.54 Å². The number of aliphatic hydroxyl groups is 1. The summed E-state index contributed by atoms with van der Waals surface area (Å²) in [6.45, 7) is 14.8. The summed E-state index contributed by atoms with van der Waals surface area (Å²) < 4.78 is 5.11. The molecule has 0 aromatic carbocycles. The highest BCUT2D eigenvalue weighted by molar-refractivity contribution is 5.68. The maximum Gasteiger partial charge on any atom is 0.407 e. The molecule has 18 heavy (non-hydrogen) atoms. The molecule has 4 heteroatoms. The number of hydrogen-bond donors (Lipinski definition) is 2. The SMILES string of the molecule is C=C(CNC(=O)OC(C)(C)C)/C(C)=C\C(C)(C)O. The van der Waals surface area contributed by atoms with Crippen LogP contribution in [0.25, 0.3) is 0 Å². The topological polar surface area (TPSA) is 58.6 Å². The van der Waals surface area contributed by atoms with Crippen molar-refractivity contribution in [1.29, 1.82) is 0 Å². The normalized spacial score (nSPS) is 13.2. The molecule has 0 spiro atoms. The van der Waals surface area contributed by atoms with Gasteiger partial charge in [-0.1, -0.05) is 12.7 Å². The maximum absolute atomic E-state index is 11.4. The second-order valence-electron chi connectivity index (χ2n) is 5.94. The van der Waals surface area contributed by atoms with E-state index >= 15 is 0 Å². The summed E-state index contributed by atoms with van der Waals surface area (Å²) >= 11 is 0. The van der Waals surface area contributed by atoms with Crippen LogP contribution in [-0.4, -0.2) is 28.9 Å². The summed E-state index contributed by atoms with van der Waals surface area (Å²) in [5, 5.41) is 12.3. The molecule has 104 valence electrons. The van der Waals surface area contributed by atoms with Crippen LogP contribution in [0, 0.1) is 0 Å². The van der Waals surface area contributed by atoms with Gasteiger partial charge in [0.2, 0.25) is 0 Å². The Hall–Kier alpha value is -1.29. The molecular formula is C14H25NO3. The first-order valence-corrected chi connectivity index (χ1v) is 5.97. The van der Waals surface area contributed by atoms with Gasteiger partial charge < -0.3 is 15.2 Å². The Morgan fingerprint density at radius 1 is 1.33 bits per heavy atom. The van der Waals surface area contributed by atoms with Gasteiger partial charge >= 0.3 is 6.09 Å². The number of nitrogens with one attached hydrogen (secondary N) is 1. The van der Waals surface area contributed by atoms with Gasteiger partial charge in [0.15, 0.2) is 0 Å². The predicted molar refractivity (Wildman–Crippen MR) is 73.4 cm³/mol. The van der Waals surface area contributed by atoms with E-state index in [1.165, 1.54) is 0 Å². The number of ether oxygens (including phenoxy) is 1. The summed E-state index contributed by atoms with van der Waals surface area (Å²) in [6, 6.07) is 0. The molecule has 0 fully saturated rings. The van der Waals surface area contributed by atoms with Gasteiger partial charge in [0.25, 0.3) is 0 Å². The van der Waals surface area contributed by atoms with Crippen LogP contribution in [0.15, 0.2) is 23.8 Å². The first kappa shape index (κ1) is 16.7. The standard InChI is InChI=1S/C14H25NO3/c1-10(8-14(6,7)17)11(2)9-15-12(16)18-13(3,4)5/h8,17H,2,9H2,1,3-7H3,(H,15,16)/b10-8-. The lowest BCUT2D eigenvalue weighted by Crippen LogP contribution is -2.33. The van der Waals surface area contributed by atoms with Crippen molar-refractivity contribution in [1.82, 2.24) is 5.32 Å². The molecule has 0 aromatic rings. The molecule has 0 heterocycles. The van der Waals surface area contributed by atoms with Crippen molar-refractivity contribution in [3.63, 3.8) is 0 Å². The minimum Gasteiger partial charge on any atom is -0.444 e. The van der Waals surface area contributed by atoms with Crippen LogP contribution >= 0.6 is 0 Å². The fourth-order valence-corrected chi connectivity index (χ4v) is 1.26. The monoisotopic (exact) mass is 255 g/mol. The minimum atomic E-state index is -0.890. The van der Waals surface area contributed by atoms with Crippen molar-refractivity contribution >= 4 is 6.09 Å². The first-order valence-electron chi connectivity index (χ1n) is 5.97. The molecule has 0 aromatic heterocycles. The van der Waals surface area contributed by atoms with Gasteiger partial charge in [-0.25, -0.2) is 4.79 Å². The van der Waals surface area contributed by atoms with Gasteiger partial charge in [0.1, 0.15) is 5.60 Å². The molecule has 0 bridgehead atoms. The summed E-state index contributed by atoms with van der Waals surface area (Å²) in [6.07, 6.45) is 1.23. The summed E-state index contributed by atoms with van der Waals surface area (Å²) in [5.74, 6) is 0. The van der Waals surface area contributed by atoms with Crippen molar-refractivity contribution in [3.05, 3.63) is 23.8 Å². The van der Waals surface area contributed by atoms with Gasteiger partial charge in [-0.05, 0) is 52.7 Å². The zero-order valence-corrected chi connectivity index (χ0v) is 12.3. The highest BCUT2D eigenvalue weighted by atomic mass is 16.6. The van der Waals surface area contributed by atoms with E-state index in [0.29, 0.717) is 6.54 Å². The third kappa shape index (κ3) is 8.82. The Kier molecular flexibility index (Phi) is 5.61. The Balaban J connectivity index is 4.28. The fourth-order valence-electron chi connectivity index (χ4n) is 1.26. The van der Waals surface area contributed by atoms with Crippen LogP contribution in [0.5, 0.6) is 0 Å². The van der Waals surface area contributed by atoms with E-state index in [1.807, 2.05) is 6.92 Å². The van der Waals surface area contributed by atoms with Crippen LogP contribution < -0.4 is 5.32 Å². The molecule has 1 amide bonds. The van der Waals surface area contributed by atoms with E-state index in [1.54, 1.807) is 40.7 Å². The van der Waals surface area contributed by atoms with E-state index in [4.69, 9.17) is 4.74 Å². The van der Waals surface area contributed by atoms with Crippen LogP contribution in [-0.2, 0) is 4.74 Å². The minimum absolute atomic E-state index is 0.299. The van der Waals surface area contributed by atoms with Crippen molar-refractivity contribution < 1.29 is 14.6 Å². The lowest BCUT2D eigenvalue weighted by Gasteiger charge is -2.20. The lowest BCUT2D eigenvalue weighted by molar-refractivity contribution is 0.0533. The Morgan fingerprint density at radius 2 is 1.83 bits per heavy atom. The molecule has 4 nitrogen and oxygen atoms in total. The zero-order valence-electron chi connectivity index (χ0n) is 12.3. The lowest BCUT2D eigenvalue weighted by atomic mass is 10.0. The number of amides is 1. The second kappa shape index (κ2) is 6.05. The largest absolute Gasteiger partial charge is 0.444 e. The van der Waals surface area contributed by atoms with Gasteiger partial charge in [-0.3, -0.25) is 0 Å². The van der Waals surface area contributed by atoms with Crippen molar-refractivity contribution in [3.8, 4) is 0 Å². The van der Waals surface area contributed by atoms with E-state index in [-0.39, 0.29) is 0 Å². The van der Waals surface area contributed by atoms with E-state index in [9.17, 15) is 9.90 Å². The van der Waals surface area contributed by atoms with Crippen LogP contribution in [0.3, 0.4) is 0 Å². The predicted octanol–water partition coefficient (Wildman–Crippen LogP) is 2.78. The quantitative estimate of drug-likeness (QED) is 0.759. The van der Waals surface area contributed by atoms with E-state index in [2.05, 4.69) is 11.9 Å². The molecule has 0 unspecified atom stereocenters. The molecular weight excluding hydrogens is 230 g/mol. The number of carbonyl (C=O) groups is 1. The average molecular weight is 255 g/mol. The molecule has 0 saturated carbocycles. The second-order valence-corrected chi connectivity index (χ2v) is 5.94. The first-order chi connectivity index (χ1) is 7.91. The fraction of sp³-hybridized carbons (Fsp3) is 0.643. The number of carbonyl (C=O) groups excluding carboxylic acids is 1.